The largest absolute Gasteiger partial charge is 0.484 e. The molecule has 0 unspecified atom stereocenters. The Bertz CT molecular complexity index is 990. The molecule has 2 amide bonds. The minimum Gasteiger partial charge on any atom is -0.484 e. The van der Waals surface area contributed by atoms with Gasteiger partial charge in [-0.3, -0.25) is 9.59 Å². The standard InChI is InChI=1S/C24H24N2O3/c27-23(17-29-20-9-2-1-3-10-20)25-19-13-15-26(16-14-19)24(28)22-12-6-8-18-7-4-5-11-21(18)22/h1-12,19H,13-17H2,(H,25,27). The summed E-state index contributed by atoms with van der Waals surface area (Å²) in [6.07, 6.45) is 1.49. The Balaban J connectivity index is 1.30. The number of hydrogen-bond donors (Lipinski definition) is 1. The van der Waals surface area contributed by atoms with Crippen molar-refractivity contribution in [2.75, 3.05) is 19.7 Å². The molecule has 0 aromatic heterocycles. The molecule has 1 aliphatic heterocycles. The fourth-order valence-electron chi connectivity index (χ4n) is 3.74. The van der Waals surface area contributed by atoms with Gasteiger partial charge in [0.2, 0.25) is 0 Å². The Morgan fingerprint density at radius 2 is 1.59 bits per heavy atom. The van der Waals surface area contributed by atoms with Crippen molar-refractivity contribution in [1.82, 2.24) is 10.2 Å². The van der Waals surface area contributed by atoms with Crippen molar-refractivity contribution in [3.05, 3.63) is 78.4 Å². The van der Waals surface area contributed by atoms with Crippen LogP contribution in [0.4, 0.5) is 0 Å². The topological polar surface area (TPSA) is 58.6 Å². The minimum absolute atomic E-state index is 0.000831. The molecule has 0 atom stereocenters. The highest BCUT2D eigenvalue weighted by Crippen LogP contribution is 2.22. The molecule has 29 heavy (non-hydrogen) atoms. The molecule has 1 N–H and O–H groups in total. The fraction of sp³-hybridized carbons (Fsp3) is 0.250. The molecule has 148 valence electrons. The van der Waals surface area contributed by atoms with E-state index in [1.807, 2.05) is 77.7 Å². The minimum atomic E-state index is -0.132. The number of para-hydroxylation sites is 1. The zero-order valence-corrected chi connectivity index (χ0v) is 16.2. The van der Waals surface area contributed by atoms with Gasteiger partial charge in [-0.15, -0.1) is 0 Å². The molecule has 1 saturated heterocycles. The number of carbonyl (C=O) groups excluding carboxylic acids is 2. The van der Waals surface area contributed by atoms with Crippen LogP contribution in [-0.2, 0) is 4.79 Å². The smallest absolute Gasteiger partial charge is 0.258 e. The van der Waals surface area contributed by atoms with Gasteiger partial charge in [-0.1, -0.05) is 54.6 Å². The van der Waals surface area contributed by atoms with Crippen molar-refractivity contribution in [2.45, 2.75) is 18.9 Å². The van der Waals surface area contributed by atoms with Crippen LogP contribution in [0.3, 0.4) is 0 Å². The molecule has 1 aliphatic rings. The highest BCUT2D eigenvalue weighted by molar-refractivity contribution is 6.07. The summed E-state index contributed by atoms with van der Waals surface area (Å²) in [5, 5.41) is 5.06. The van der Waals surface area contributed by atoms with Crippen LogP contribution in [-0.4, -0.2) is 42.5 Å². The van der Waals surface area contributed by atoms with Gasteiger partial charge in [0.25, 0.3) is 11.8 Å². The maximum atomic E-state index is 13.0. The number of benzene rings is 3. The number of rotatable bonds is 5. The SMILES string of the molecule is O=C(COc1ccccc1)NC1CCN(C(=O)c2cccc3ccccc23)CC1. The van der Waals surface area contributed by atoms with E-state index < -0.39 is 0 Å². The zero-order valence-electron chi connectivity index (χ0n) is 16.2. The maximum absolute atomic E-state index is 13.0. The number of piperidine rings is 1. The molecule has 0 aliphatic carbocycles. The fourth-order valence-corrected chi connectivity index (χ4v) is 3.74. The van der Waals surface area contributed by atoms with Gasteiger partial charge >= 0.3 is 0 Å². The summed E-state index contributed by atoms with van der Waals surface area (Å²) in [7, 11) is 0. The van der Waals surface area contributed by atoms with E-state index in [-0.39, 0.29) is 24.5 Å². The molecule has 3 aromatic rings. The lowest BCUT2D eigenvalue weighted by molar-refractivity contribution is -0.124. The van der Waals surface area contributed by atoms with Crippen LogP contribution in [0.25, 0.3) is 10.8 Å². The maximum Gasteiger partial charge on any atom is 0.258 e. The number of fused-ring (bicyclic) bond motifs is 1. The quantitative estimate of drug-likeness (QED) is 0.726. The highest BCUT2D eigenvalue weighted by atomic mass is 16.5. The zero-order chi connectivity index (χ0) is 20.1. The summed E-state index contributed by atoms with van der Waals surface area (Å²) in [4.78, 5) is 27.1. The predicted molar refractivity (Wildman–Crippen MR) is 113 cm³/mol. The van der Waals surface area contributed by atoms with Crippen LogP contribution in [0.5, 0.6) is 5.75 Å². The average molecular weight is 388 g/mol. The first kappa shape index (κ1) is 19.0. The van der Waals surface area contributed by atoms with Gasteiger partial charge in [0.1, 0.15) is 5.75 Å². The van der Waals surface area contributed by atoms with Crippen LogP contribution in [0.2, 0.25) is 0 Å². The van der Waals surface area contributed by atoms with E-state index in [0.717, 1.165) is 29.2 Å². The number of amides is 2. The molecule has 0 bridgehead atoms. The Morgan fingerprint density at radius 3 is 2.38 bits per heavy atom. The second-order valence-corrected chi connectivity index (χ2v) is 7.26. The lowest BCUT2D eigenvalue weighted by atomic mass is 10.0. The van der Waals surface area contributed by atoms with Gasteiger partial charge in [-0.25, -0.2) is 0 Å². The number of carbonyl (C=O) groups is 2. The predicted octanol–water partition coefficient (Wildman–Crippen LogP) is 3.64. The second-order valence-electron chi connectivity index (χ2n) is 7.26. The molecule has 4 rings (SSSR count). The van der Waals surface area contributed by atoms with E-state index in [4.69, 9.17) is 4.74 Å². The summed E-state index contributed by atoms with van der Waals surface area (Å²) < 4.78 is 5.49. The van der Waals surface area contributed by atoms with Gasteiger partial charge in [0.15, 0.2) is 6.61 Å². The number of likely N-dealkylation sites (tertiary alicyclic amines) is 1. The van der Waals surface area contributed by atoms with Crippen molar-refractivity contribution in [1.29, 1.82) is 0 Å². The van der Waals surface area contributed by atoms with Crippen molar-refractivity contribution >= 4 is 22.6 Å². The molecule has 0 saturated carbocycles. The summed E-state index contributed by atoms with van der Waals surface area (Å²) in [6, 6.07) is 23.1. The van der Waals surface area contributed by atoms with E-state index in [2.05, 4.69) is 5.32 Å². The van der Waals surface area contributed by atoms with Crippen LogP contribution < -0.4 is 10.1 Å². The molecule has 3 aromatic carbocycles. The molecule has 5 nitrogen and oxygen atoms in total. The number of nitrogens with one attached hydrogen (secondary N) is 1. The van der Waals surface area contributed by atoms with Crippen molar-refractivity contribution in [2.24, 2.45) is 0 Å². The normalized spacial score (nSPS) is 14.6. The first-order valence-corrected chi connectivity index (χ1v) is 9.95. The first-order chi connectivity index (χ1) is 14.2. The Kier molecular flexibility index (Phi) is 5.75. The number of ether oxygens (including phenoxy) is 1. The monoisotopic (exact) mass is 388 g/mol. The summed E-state index contributed by atoms with van der Waals surface area (Å²) in [6.45, 7) is 1.26. The lowest BCUT2D eigenvalue weighted by Gasteiger charge is -2.32. The second kappa shape index (κ2) is 8.78. The Morgan fingerprint density at radius 1 is 0.897 bits per heavy atom. The first-order valence-electron chi connectivity index (χ1n) is 9.95. The Labute approximate surface area is 170 Å². The average Bonchev–Trinajstić information content (AvgIpc) is 2.78. The molecule has 1 heterocycles. The van der Waals surface area contributed by atoms with E-state index in [1.165, 1.54) is 0 Å². The summed E-state index contributed by atoms with van der Waals surface area (Å²) in [5.74, 6) is 0.602. The van der Waals surface area contributed by atoms with Gasteiger partial charge in [0.05, 0.1) is 0 Å². The van der Waals surface area contributed by atoms with Crippen molar-refractivity contribution < 1.29 is 14.3 Å². The summed E-state index contributed by atoms with van der Waals surface area (Å²) >= 11 is 0. The molecule has 5 heteroatoms. The third kappa shape index (κ3) is 4.57. The van der Waals surface area contributed by atoms with Gasteiger partial charge in [0, 0.05) is 24.7 Å². The number of nitrogens with zero attached hydrogens (tertiary/aromatic N) is 1. The van der Waals surface area contributed by atoms with Crippen LogP contribution in [0.15, 0.2) is 72.8 Å². The highest BCUT2D eigenvalue weighted by Gasteiger charge is 2.25. The van der Waals surface area contributed by atoms with E-state index in [1.54, 1.807) is 0 Å². The van der Waals surface area contributed by atoms with Crippen LogP contribution in [0, 0.1) is 0 Å². The van der Waals surface area contributed by atoms with Crippen molar-refractivity contribution in [3.63, 3.8) is 0 Å². The van der Waals surface area contributed by atoms with Gasteiger partial charge in [-0.2, -0.15) is 0 Å². The Hall–Kier alpha value is -3.34. The molecule has 1 fully saturated rings. The third-order valence-corrected chi connectivity index (χ3v) is 5.28. The van der Waals surface area contributed by atoms with E-state index in [0.29, 0.717) is 18.8 Å². The molecule has 0 radical (unpaired) electrons. The molecule has 0 spiro atoms. The molecular weight excluding hydrogens is 364 g/mol. The van der Waals surface area contributed by atoms with E-state index in [9.17, 15) is 9.59 Å². The van der Waals surface area contributed by atoms with Gasteiger partial charge in [-0.05, 0) is 41.8 Å². The van der Waals surface area contributed by atoms with Gasteiger partial charge < -0.3 is 15.0 Å². The van der Waals surface area contributed by atoms with Crippen molar-refractivity contribution in [3.8, 4) is 5.75 Å². The van der Waals surface area contributed by atoms with E-state index >= 15 is 0 Å². The van der Waals surface area contributed by atoms with Crippen LogP contribution in [0.1, 0.15) is 23.2 Å². The summed E-state index contributed by atoms with van der Waals surface area (Å²) in [5.41, 5.74) is 0.738. The molecular formula is C24H24N2O3. The third-order valence-electron chi connectivity index (χ3n) is 5.28. The lowest BCUT2D eigenvalue weighted by Crippen LogP contribution is -2.47. The van der Waals surface area contributed by atoms with Crippen LogP contribution >= 0.6 is 0 Å². The number of hydrogen-bond acceptors (Lipinski definition) is 3.